The van der Waals surface area contributed by atoms with Gasteiger partial charge in [0.05, 0.1) is 6.61 Å². The van der Waals surface area contributed by atoms with E-state index in [9.17, 15) is 4.79 Å². The van der Waals surface area contributed by atoms with Crippen LogP contribution in [0, 0.1) is 5.92 Å². The predicted octanol–water partition coefficient (Wildman–Crippen LogP) is 1.06. The molecular weight excluding hydrogens is 216 g/mol. The van der Waals surface area contributed by atoms with E-state index in [4.69, 9.17) is 16.2 Å². The van der Waals surface area contributed by atoms with Gasteiger partial charge in [0.2, 0.25) is 0 Å². The molecule has 0 aliphatic carbocycles. The van der Waals surface area contributed by atoms with Gasteiger partial charge in [-0.3, -0.25) is 4.79 Å². The molecule has 0 heterocycles. The maximum atomic E-state index is 11.2. The Morgan fingerprint density at radius 3 is 2.40 bits per heavy atom. The third-order valence-corrected chi connectivity index (χ3v) is 1.96. The second kappa shape index (κ2) is 10.2. The van der Waals surface area contributed by atoms with Crippen molar-refractivity contribution in [1.82, 2.24) is 0 Å². The molecule has 0 spiro atoms. The average molecular weight is 239 g/mol. The monoisotopic (exact) mass is 238 g/mol. The van der Waals surface area contributed by atoms with Crippen LogP contribution in [0.25, 0.3) is 0 Å². The van der Waals surface area contributed by atoms with Crippen LogP contribution in [-0.4, -0.2) is 25.2 Å². The van der Waals surface area contributed by atoms with Crippen LogP contribution in [-0.2, 0) is 9.53 Å². The van der Waals surface area contributed by atoms with E-state index in [1.807, 2.05) is 0 Å². The van der Waals surface area contributed by atoms with Gasteiger partial charge in [-0.15, -0.1) is 12.4 Å². The van der Waals surface area contributed by atoms with Gasteiger partial charge in [0, 0.05) is 0 Å². The topological polar surface area (TPSA) is 78.3 Å². The fourth-order valence-corrected chi connectivity index (χ4v) is 0.958. The Kier molecular flexibility index (Phi) is 11.6. The lowest BCUT2D eigenvalue weighted by atomic mass is 10.1. The van der Waals surface area contributed by atoms with E-state index in [0.29, 0.717) is 25.5 Å². The molecule has 0 fully saturated rings. The maximum Gasteiger partial charge on any atom is 0.322 e. The summed E-state index contributed by atoms with van der Waals surface area (Å²) in [6.45, 7) is 5.20. The number of rotatable bonds is 7. The number of nitrogens with two attached hydrogens (primary N) is 2. The zero-order valence-corrected chi connectivity index (χ0v) is 10.4. The Bertz CT molecular complexity index is 166. The Hall–Kier alpha value is -0.320. The van der Waals surface area contributed by atoms with Crippen LogP contribution >= 0.6 is 12.4 Å². The summed E-state index contributed by atoms with van der Waals surface area (Å²) in [6, 6.07) is -0.509. The fourth-order valence-electron chi connectivity index (χ4n) is 0.958. The average Bonchev–Trinajstić information content (AvgIpc) is 2.13. The molecule has 15 heavy (non-hydrogen) atoms. The lowest BCUT2D eigenvalue weighted by Crippen LogP contribution is -2.33. The van der Waals surface area contributed by atoms with Crippen molar-refractivity contribution < 1.29 is 9.53 Å². The summed E-state index contributed by atoms with van der Waals surface area (Å²) >= 11 is 0. The molecule has 0 saturated carbocycles. The number of ether oxygens (including phenoxy) is 1. The highest BCUT2D eigenvalue weighted by Gasteiger charge is 2.13. The van der Waals surface area contributed by atoms with E-state index in [-0.39, 0.29) is 18.4 Å². The van der Waals surface area contributed by atoms with Crippen molar-refractivity contribution in [2.45, 2.75) is 39.2 Å². The van der Waals surface area contributed by atoms with Crippen LogP contribution < -0.4 is 11.5 Å². The van der Waals surface area contributed by atoms with Crippen molar-refractivity contribution in [3.8, 4) is 0 Å². The van der Waals surface area contributed by atoms with E-state index in [1.54, 1.807) is 0 Å². The van der Waals surface area contributed by atoms with Crippen molar-refractivity contribution in [3.63, 3.8) is 0 Å². The Labute approximate surface area is 98.1 Å². The van der Waals surface area contributed by atoms with E-state index < -0.39 is 6.04 Å². The highest BCUT2D eigenvalue weighted by molar-refractivity contribution is 5.85. The van der Waals surface area contributed by atoms with Gasteiger partial charge in [-0.2, -0.15) is 0 Å². The first-order valence-electron chi connectivity index (χ1n) is 5.20. The SMILES string of the molecule is CC(C)CCOC(=O)C(N)CCCN.Cl. The molecule has 0 amide bonds. The summed E-state index contributed by atoms with van der Waals surface area (Å²) in [5.74, 6) is 0.238. The predicted molar refractivity (Wildman–Crippen MR) is 63.9 cm³/mol. The van der Waals surface area contributed by atoms with Crippen LogP contribution in [0.3, 0.4) is 0 Å². The van der Waals surface area contributed by atoms with Crippen LogP contribution in [0.15, 0.2) is 0 Å². The van der Waals surface area contributed by atoms with Gasteiger partial charge in [-0.05, 0) is 31.7 Å². The first-order valence-corrected chi connectivity index (χ1v) is 5.20. The minimum atomic E-state index is -0.509. The van der Waals surface area contributed by atoms with E-state index in [0.717, 1.165) is 12.8 Å². The minimum Gasteiger partial charge on any atom is -0.465 e. The van der Waals surface area contributed by atoms with E-state index >= 15 is 0 Å². The van der Waals surface area contributed by atoms with Crippen LogP contribution in [0.4, 0.5) is 0 Å². The molecule has 5 heteroatoms. The Morgan fingerprint density at radius 2 is 1.93 bits per heavy atom. The summed E-state index contributed by atoms with van der Waals surface area (Å²) in [6.07, 6.45) is 2.26. The molecule has 0 saturated heterocycles. The van der Waals surface area contributed by atoms with Crippen molar-refractivity contribution >= 4 is 18.4 Å². The molecule has 92 valence electrons. The molecule has 0 aliphatic rings. The first-order chi connectivity index (χ1) is 6.57. The molecule has 0 radical (unpaired) electrons. The van der Waals surface area contributed by atoms with Crippen molar-refractivity contribution in [2.75, 3.05) is 13.2 Å². The summed E-state index contributed by atoms with van der Waals surface area (Å²) in [4.78, 5) is 11.2. The highest BCUT2D eigenvalue weighted by atomic mass is 35.5. The maximum absolute atomic E-state index is 11.2. The zero-order valence-electron chi connectivity index (χ0n) is 9.57. The quantitative estimate of drug-likeness (QED) is 0.651. The molecule has 0 rings (SSSR count). The molecule has 0 bridgehead atoms. The van der Waals surface area contributed by atoms with Gasteiger partial charge in [0.15, 0.2) is 0 Å². The molecule has 0 aromatic rings. The molecule has 4 N–H and O–H groups in total. The third kappa shape index (κ3) is 9.97. The fraction of sp³-hybridized carbons (Fsp3) is 0.900. The van der Waals surface area contributed by atoms with Crippen molar-refractivity contribution in [2.24, 2.45) is 17.4 Å². The summed E-state index contributed by atoms with van der Waals surface area (Å²) < 4.78 is 5.01. The third-order valence-electron chi connectivity index (χ3n) is 1.96. The minimum absolute atomic E-state index is 0. The van der Waals surface area contributed by atoms with Gasteiger partial charge < -0.3 is 16.2 Å². The van der Waals surface area contributed by atoms with Gasteiger partial charge >= 0.3 is 5.97 Å². The Morgan fingerprint density at radius 1 is 1.33 bits per heavy atom. The van der Waals surface area contributed by atoms with Crippen LogP contribution in [0.2, 0.25) is 0 Å². The van der Waals surface area contributed by atoms with E-state index in [1.165, 1.54) is 0 Å². The van der Waals surface area contributed by atoms with E-state index in [2.05, 4.69) is 13.8 Å². The normalized spacial score (nSPS) is 12.1. The number of esters is 1. The molecule has 0 aromatic carbocycles. The Balaban J connectivity index is 0. The molecule has 0 aliphatic heterocycles. The number of carbonyl (C=O) groups excluding carboxylic acids is 1. The molecular formula is C10H23ClN2O2. The first kappa shape index (κ1) is 17.1. The van der Waals surface area contributed by atoms with Crippen molar-refractivity contribution in [3.05, 3.63) is 0 Å². The van der Waals surface area contributed by atoms with Gasteiger partial charge in [0.25, 0.3) is 0 Å². The second-order valence-electron chi connectivity index (χ2n) is 3.89. The summed E-state index contributed by atoms with van der Waals surface area (Å²) in [7, 11) is 0. The second-order valence-corrected chi connectivity index (χ2v) is 3.89. The molecule has 4 nitrogen and oxygen atoms in total. The largest absolute Gasteiger partial charge is 0.465 e. The number of hydrogen-bond acceptors (Lipinski definition) is 4. The number of hydrogen-bond donors (Lipinski definition) is 2. The number of halogens is 1. The van der Waals surface area contributed by atoms with Gasteiger partial charge in [-0.1, -0.05) is 13.8 Å². The molecule has 1 atom stereocenters. The van der Waals surface area contributed by atoms with Crippen LogP contribution in [0.5, 0.6) is 0 Å². The standard InChI is InChI=1S/C10H22N2O2.ClH/c1-8(2)5-7-14-10(13)9(12)4-3-6-11;/h8-9H,3-7,11-12H2,1-2H3;1H. The molecule has 0 aromatic heterocycles. The number of carbonyl (C=O) groups is 1. The smallest absolute Gasteiger partial charge is 0.322 e. The summed E-state index contributed by atoms with van der Waals surface area (Å²) in [5.41, 5.74) is 10.9. The van der Waals surface area contributed by atoms with Crippen LogP contribution in [0.1, 0.15) is 33.1 Å². The van der Waals surface area contributed by atoms with Gasteiger partial charge in [-0.25, -0.2) is 0 Å². The lowest BCUT2D eigenvalue weighted by Gasteiger charge is -2.11. The van der Waals surface area contributed by atoms with Crippen molar-refractivity contribution in [1.29, 1.82) is 0 Å². The zero-order chi connectivity index (χ0) is 11.0. The molecule has 1 unspecified atom stereocenters. The highest BCUT2D eigenvalue weighted by Crippen LogP contribution is 2.01. The summed E-state index contributed by atoms with van der Waals surface area (Å²) in [5, 5.41) is 0. The van der Waals surface area contributed by atoms with Gasteiger partial charge in [0.1, 0.15) is 6.04 Å². The lowest BCUT2D eigenvalue weighted by molar-refractivity contribution is -0.145.